The number of nitrogens with one attached hydrogen (secondary N) is 1. The van der Waals surface area contributed by atoms with Gasteiger partial charge in [0.05, 0.1) is 12.6 Å². The molecule has 0 radical (unpaired) electrons. The Hall–Kier alpha value is -2.86. The summed E-state index contributed by atoms with van der Waals surface area (Å²) in [5.74, 6) is 2.57. The smallest absolute Gasteiger partial charge is 0.142 e. The van der Waals surface area contributed by atoms with Crippen molar-refractivity contribution in [3.05, 3.63) is 65.5 Å². The number of hydrogen-bond donors (Lipinski definition) is 1. The zero-order valence-electron chi connectivity index (χ0n) is 15.4. The minimum Gasteiger partial charge on any atom is -0.497 e. The largest absolute Gasteiger partial charge is 0.497 e. The van der Waals surface area contributed by atoms with Crippen molar-refractivity contribution in [1.82, 2.24) is 14.5 Å². The highest BCUT2D eigenvalue weighted by atomic mass is 79.9. The fraction of sp³-hybridized carbons (Fsp3) is 0.182. The van der Waals surface area contributed by atoms with Gasteiger partial charge in [-0.25, -0.2) is 9.97 Å². The summed E-state index contributed by atoms with van der Waals surface area (Å²) >= 11 is 3.69. The lowest BCUT2D eigenvalue weighted by molar-refractivity contribution is 0.415. The third-order valence-corrected chi connectivity index (χ3v) is 5.64. The van der Waals surface area contributed by atoms with Gasteiger partial charge in [-0.15, -0.1) is 0 Å². The van der Waals surface area contributed by atoms with Crippen LogP contribution in [-0.2, 0) is 0 Å². The Balaban J connectivity index is 1.58. The topological polar surface area (TPSA) is 52.0 Å². The van der Waals surface area contributed by atoms with Crippen LogP contribution < -0.4 is 10.1 Å². The molecule has 28 heavy (non-hydrogen) atoms. The van der Waals surface area contributed by atoms with E-state index in [-0.39, 0.29) is 0 Å². The SMILES string of the molecule is COc1ccc(-c2ccc3c(Br)cn(-c4cc(NC5CC5)ncn4)c3c2)cc1. The molecule has 0 aliphatic heterocycles. The van der Waals surface area contributed by atoms with Crippen LogP contribution in [-0.4, -0.2) is 27.7 Å². The summed E-state index contributed by atoms with van der Waals surface area (Å²) < 4.78 is 8.41. The number of nitrogens with zero attached hydrogens (tertiary/aromatic N) is 3. The molecular formula is C22H19BrN4O. The third-order valence-electron chi connectivity index (χ3n) is 5.01. The van der Waals surface area contributed by atoms with Crippen LogP contribution >= 0.6 is 15.9 Å². The highest BCUT2D eigenvalue weighted by molar-refractivity contribution is 9.10. The average Bonchev–Trinajstić information content (AvgIpc) is 3.49. The minimum absolute atomic E-state index is 0.553. The molecule has 4 aromatic rings. The van der Waals surface area contributed by atoms with Crippen molar-refractivity contribution < 1.29 is 4.74 Å². The molecule has 1 aliphatic rings. The number of ether oxygens (including phenoxy) is 1. The van der Waals surface area contributed by atoms with Crippen LogP contribution in [0.25, 0.3) is 27.8 Å². The van der Waals surface area contributed by atoms with Crippen molar-refractivity contribution in [3.63, 3.8) is 0 Å². The Labute approximate surface area is 171 Å². The number of rotatable bonds is 5. The van der Waals surface area contributed by atoms with E-state index in [9.17, 15) is 0 Å². The third kappa shape index (κ3) is 3.24. The molecule has 2 aromatic carbocycles. The van der Waals surface area contributed by atoms with Gasteiger partial charge in [0.2, 0.25) is 0 Å². The zero-order chi connectivity index (χ0) is 19.1. The van der Waals surface area contributed by atoms with Gasteiger partial charge >= 0.3 is 0 Å². The highest BCUT2D eigenvalue weighted by Gasteiger charge is 2.21. The molecule has 0 amide bonds. The van der Waals surface area contributed by atoms with Gasteiger partial charge in [-0.1, -0.05) is 24.3 Å². The van der Waals surface area contributed by atoms with E-state index in [0.717, 1.165) is 43.9 Å². The number of fused-ring (bicyclic) bond motifs is 1. The van der Waals surface area contributed by atoms with Crippen LogP contribution in [0.3, 0.4) is 0 Å². The van der Waals surface area contributed by atoms with Crippen LogP contribution in [0.2, 0.25) is 0 Å². The van der Waals surface area contributed by atoms with E-state index in [1.165, 1.54) is 12.8 Å². The summed E-state index contributed by atoms with van der Waals surface area (Å²) in [6.45, 7) is 0. The van der Waals surface area contributed by atoms with E-state index < -0.39 is 0 Å². The van der Waals surface area contributed by atoms with Crippen molar-refractivity contribution in [2.45, 2.75) is 18.9 Å². The van der Waals surface area contributed by atoms with Gasteiger partial charge in [-0.3, -0.25) is 4.57 Å². The predicted octanol–water partition coefficient (Wildman–Crippen LogP) is 5.43. The van der Waals surface area contributed by atoms with Crippen LogP contribution in [0.4, 0.5) is 5.82 Å². The first-order valence-electron chi connectivity index (χ1n) is 9.25. The lowest BCUT2D eigenvalue weighted by Gasteiger charge is -2.09. The van der Waals surface area contributed by atoms with Crippen molar-refractivity contribution >= 4 is 32.7 Å². The molecule has 2 aromatic heterocycles. The number of methoxy groups -OCH3 is 1. The molecule has 0 atom stereocenters. The highest BCUT2D eigenvalue weighted by Crippen LogP contribution is 2.33. The first-order valence-corrected chi connectivity index (χ1v) is 10.0. The van der Waals surface area contributed by atoms with Gasteiger partial charge in [0, 0.05) is 28.2 Å². The van der Waals surface area contributed by atoms with Gasteiger partial charge in [0.15, 0.2) is 0 Å². The lowest BCUT2D eigenvalue weighted by atomic mass is 10.0. The zero-order valence-corrected chi connectivity index (χ0v) is 17.0. The summed E-state index contributed by atoms with van der Waals surface area (Å²) in [5.41, 5.74) is 3.38. The van der Waals surface area contributed by atoms with Crippen molar-refractivity contribution in [3.8, 4) is 22.7 Å². The summed E-state index contributed by atoms with van der Waals surface area (Å²) in [5, 5.41) is 4.59. The second kappa shape index (κ2) is 6.95. The fourth-order valence-electron chi connectivity index (χ4n) is 3.33. The standard InChI is InChI=1S/C22H19BrN4O/c1-28-17-7-2-14(3-8-17)15-4-9-18-19(23)12-27(20(18)10-15)22-11-21(24-13-25-22)26-16-5-6-16/h2-4,7-13,16H,5-6H2,1H3,(H,24,25,26). The Morgan fingerprint density at radius 2 is 1.82 bits per heavy atom. The number of halogens is 1. The van der Waals surface area contributed by atoms with Crippen molar-refractivity contribution in [2.24, 2.45) is 0 Å². The maximum atomic E-state index is 5.27. The summed E-state index contributed by atoms with van der Waals surface area (Å²) in [4.78, 5) is 8.85. The lowest BCUT2D eigenvalue weighted by Crippen LogP contribution is -2.05. The van der Waals surface area contributed by atoms with Crippen molar-refractivity contribution in [1.29, 1.82) is 0 Å². The Morgan fingerprint density at radius 3 is 2.57 bits per heavy atom. The quantitative estimate of drug-likeness (QED) is 0.454. The first kappa shape index (κ1) is 17.3. The van der Waals surface area contributed by atoms with E-state index >= 15 is 0 Å². The molecule has 1 fully saturated rings. The van der Waals surface area contributed by atoms with Crippen LogP contribution in [0.15, 0.2) is 65.5 Å². The maximum Gasteiger partial charge on any atom is 0.142 e. The van der Waals surface area contributed by atoms with E-state index in [1.807, 2.05) is 18.2 Å². The Morgan fingerprint density at radius 1 is 1.04 bits per heavy atom. The minimum atomic E-state index is 0.553. The van der Waals surface area contributed by atoms with Crippen LogP contribution in [0.5, 0.6) is 5.75 Å². The van der Waals surface area contributed by atoms with Gasteiger partial charge in [-0.05, 0) is 58.1 Å². The molecule has 2 heterocycles. The van der Waals surface area contributed by atoms with Gasteiger partial charge in [0.1, 0.15) is 23.7 Å². The molecule has 6 heteroatoms. The Kier molecular flexibility index (Phi) is 4.28. The number of benzene rings is 2. The molecule has 1 saturated carbocycles. The molecule has 1 N–H and O–H groups in total. The monoisotopic (exact) mass is 434 g/mol. The molecular weight excluding hydrogens is 416 g/mol. The number of anilines is 1. The summed E-state index contributed by atoms with van der Waals surface area (Å²) in [6, 6.07) is 17.1. The van der Waals surface area contributed by atoms with Crippen LogP contribution in [0.1, 0.15) is 12.8 Å². The molecule has 0 saturated heterocycles. The normalized spacial score (nSPS) is 13.6. The predicted molar refractivity (Wildman–Crippen MR) is 115 cm³/mol. The molecule has 5 nitrogen and oxygen atoms in total. The molecule has 0 bridgehead atoms. The second-order valence-electron chi connectivity index (χ2n) is 6.99. The molecule has 0 spiro atoms. The average molecular weight is 435 g/mol. The van der Waals surface area contributed by atoms with E-state index in [1.54, 1.807) is 13.4 Å². The van der Waals surface area contributed by atoms with Crippen molar-refractivity contribution in [2.75, 3.05) is 12.4 Å². The van der Waals surface area contributed by atoms with Gasteiger partial charge < -0.3 is 10.1 Å². The maximum absolute atomic E-state index is 5.27. The van der Waals surface area contributed by atoms with Gasteiger partial charge in [-0.2, -0.15) is 0 Å². The molecule has 140 valence electrons. The molecule has 1 aliphatic carbocycles. The second-order valence-corrected chi connectivity index (χ2v) is 7.84. The number of hydrogen-bond acceptors (Lipinski definition) is 4. The van der Waals surface area contributed by atoms with E-state index in [2.05, 4.69) is 72.3 Å². The first-order chi connectivity index (χ1) is 13.7. The summed E-state index contributed by atoms with van der Waals surface area (Å²) in [6.07, 6.45) is 6.10. The molecule has 0 unspecified atom stereocenters. The van der Waals surface area contributed by atoms with Crippen LogP contribution in [0, 0.1) is 0 Å². The summed E-state index contributed by atoms with van der Waals surface area (Å²) in [7, 11) is 1.68. The van der Waals surface area contributed by atoms with E-state index in [4.69, 9.17) is 4.74 Å². The van der Waals surface area contributed by atoms with E-state index in [0.29, 0.717) is 6.04 Å². The molecule has 5 rings (SSSR count). The Bertz CT molecular complexity index is 1150. The number of aromatic nitrogens is 3. The van der Waals surface area contributed by atoms with Gasteiger partial charge in [0.25, 0.3) is 0 Å². The fourth-order valence-corrected chi connectivity index (χ4v) is 3.87.